The molecule has 0 unspecified atom stereocenters. The minimum atomic E-state index is -4.07. The summed E-state index contributed by atoms with van der Waals surface area (Å²) in [7, 11) is -4.07. The number of hydrogen-bond acceptors (Lipinski definition) is 3. The molecule has 7 heteroatoms. The average molecular weight is 354 g/mol. The third-order valence-corrected chi connectivity index (χ3v) is 4.09. The molecule has 0 atom stereocenters. The summed E-state index contributed by atoms with van der Waals surface area (Å²) in [6, 6.07) is 2.15. The van der Waals surface area contributed by atoms with E-state index < -0.39 is 20.7 Å². The lowest BCUT2D eigenvalue weighted by Gasteiger charge is -2.10. The van der Waals surface area contributed by atoms with E-state index in [0.29, 0.717) is 11.1 Å². The van der Waals surface area contributed by atoms with Crippen molar-refractivity contribution in [3.63, 3.8) is 0 Å². The molecule has 0 aliphatic carbocycles. The Bertz CT molecular complexity index is 534. The van der Waals surface area contributed by atoms with E-state index in [4.69, 9.17) is 9.88 Å². The summed E-state index contributed by atoms with van der Waals surface area (Å²) in [5.74, 6) is -0.629. The number of sulfonamides is 1. The molecule has 0 spiro atoms. The molecule has 1 aromatic rings. The van der Waals surface area contributed by atoms with Crippen molar-refractivity contribution < 1.29 is 17.5 Å². The second kappa shape index (κ2) is 7.21. The van der Waals surface area contributed by atoms with Crippen molar-refractivity contribution in [3.8, 4) is 5.75 Å². The Kier molecular flexibility index (Phi) is 6.22. The lowest BCUT2D eigenvalue weighted by atomic mass is 10.2. The molecule has 0 aromatic heterocycles. The van der Waals surface area contributed by atoms with Crippen LogP contribution >= 0.6 is 15.9 Å². The fourth-order valence-corrected chi connectivity index (χ4v) is 2.77. The first-order chi connectivity index (χ1) is 8.86. The van der Waals surface area contributed by atoms with E-state index in [1.165, 1.54) is 0 Å². The number of primary sulfonamides is 1. The van der Waals surface area contributed by atoms with Crippen LogP contribution in [0.3, 0.4) is 0 Å². The van der Waals surface area contributed by atoms with Crippen molar-refractivity contribution in [3.05, 3.63) is 22.4 Å². The van der Waals surface area contributed by atoms with Gasteiger partial charge in [-0.15, -0.1) is 0 Å². The summed E-state index contributed by atoms with van der Waals surface area (Å²) in [6.45, 7) is 2.57. The van der Waals surface area contributed by atoms with Crippen LogP contribution in [-0.4, -0.2) is 15.0 Å². The lowest BCUT2D eigenvalue weighted by molar-refractivity contribution is 0.301. The summed E-state index contributed by atoms with van der Waals surface area (Å²) < 4.78 is 41.6. The maximum Gasteiger partial charge on any atom is 0.241 e. The molecule has 0 saturated carbocycles. The number of hydrogen-bond donors (Lipinski definition) is 1. The first kappa shape index (κ1) is 16.4. The molecule has 0 saturated heterocycles. The van der Waals surface area contributed by atoms with Crippen LogP contribution in [0.25, 0.3) is 0 Å². The van der Waals surface area contributed by atoms with Gasteiger partial charge in [0.05, 0.1) is 11.1 Å². The maximum atomic E-state index is 13.6. The fourth-order valence-electron chi connectivity index (χ4n) is 1.55. The van der Waals surface area contributed by atoms with Crippen molar-refractivity contribution >= 4 is 26.0 Å². The third kappa shape index (κ3) is 5.08. The Labute approximate surface area is 121 Å². The zero-order valence-corrected chi connectivity index (χ0v) is 13.1. The van der Waals surface area contributed by atoms with Crippen LogP contribution in [-0.2, 0) is 10.0 Å². The van der Waals surface area contributed by atoms with Crippen molar-refractivity contribution in [2.45, 2.75) is 37.5 Å². The molecule has 2 N–H and O–H groups in total. The highest BCUT2D eigenvalue weighted by atomic mass is 79.9. The molecule has 1 aromatic carbocycles. The molecular formula is C12H17BrFNO3S. The number of nitrogens with two attached hydrogens (primary N) is 1. The number of benzene rings is 1. The first-order valence-electron chi connectivity index (χ1n) is 6.01. The van der Waals surface area contributed by atoms with Crippen LogP contribution in [0.5, 0.6) is 5.75 Å². The quantitative estimate of drug-likeness (QED) is 0.765. The van der Waals surface area contributed by atoms with Gasteiger partial charge in [0.1, 0.15) is 16.5 Å². The Morgan fingerprint density at radius 1 is 1.32 bits per heavy atom. The summed E-state index contributed by atoms with van der Waals surface area (Å²) in [5, 5.41) is 4.90. The number of rotatable bonds is 7. The zero-order chi connectivity index (χ0) is 14.5. The standard InChI is InChI=1S/C12H17BrFNO3S/c1-2-3-4-5-6-18-11-8-10(14)12(7-9(11)13)19(15,16)17/h7-8H,2-6H2,1H3,(H2,15,16,17). The summed E-state index contributed by atoms with van der Waals surface area (Å²) in [4.78, 5) is -0.544. The largest absolute Gasteiger partial charge is 0.492 e. The summed E-state index contributed by atoms with van der Waals surface area (Å²) >= 11 is 3.14. The van der Waals surface area contributed by atoms with E-state index in [1.54, 1.807) is 0 Å². The van der Waals surface area contributed by atoms with Crippen molar-refractivity contribution in [2.75, 3.05) is 6.61 Å². The maximum absolute atomic E-state index is 13.6. The zero-order valence-electron chi connectivity index (χ0n) is 10.7. The fraction of sp³-hybridized carbons (Fsp3) is 0.500. The predicted molar refractivity (Wildman–Crippen MR) is 75.1 cm³/mol. The molecule has 0 heterocycles. The number of unbranched alkanes of at least 4 members (excludes halogenated alkanes) is 3. The van der Waals surface area contributed by atoms with Gasteiger partial charge in [-0.05, 0) is 28.4 Å². The van der Waals surface area contributed by atoms with Gasteiger partial charge in [0.15, 0.2) is 0 Å². The molecular weight excluding hydrogens is 337 g/mol. The van der Waals surface area contributed by atoms with E-state index in [1.807, 2.05) is 0 Å². The Morgan fingerprint density at radius 2 is 2.00 bits per heavy atom. The second-order valence-electron chi connectivity index (χ2n) is 4.17. The van der Waals surface area contributed by atoms with E-state index in [-0.39, 0.29) is 5.75 Å². The minimum absolute atomic E-state index is 0.279. The molecule has 0 radical (unpaired) electrons. The Balaban J connectivity index is 2.74. The molecule has 4 nitrogen and oxygen atoms in total. The highest BCUT2D eigenvalue weighted by molar-refractivity contribution is 9.10. The number of halogens is 2. The van der Waals surface area contributed by atoms with Crippen molar-refractivity contribution in [1.82, 2.24) is 0 Å². The van der Waals surface area contributed by atoms with Gasteiger partial charge in [-0.25, -0.2) is 17.9 Å². The SMILES string of the molecule is CCCCCCOc1cc(F)c(S(N)(=O)=O)cc1Br. The van der Waals surface area contributed by atoms with Gasteiger partial charge in [0, 0.05) is 6.07 Å². The van der Waals surface area contributed by atoms with Crippen LogP contribution < -0.4 is 9.88 Å². The Hall–Kier alpha value is -0.660. The molecule has 0 aliphatic heterocycles. The topological polar surface area (TPSA) is 69.4 Å². The van der Waals surface area contributed by atoms with Crippen molar-refractivity contribution in [1.29, 1.82) is 0 Å². The van der Waals surface area contributed by atoms with Crippen LogP contribution in [0.15, 0.2) is 21.5 Å². The second-order valence-corrected chi connectivity index (χ2v) is 6.55. The van der Waals surface area contributed by atoms with Gasteiger partial charge in [-0.1, -0.05) is 26.2 Å². The van der Waals surface area contributed by atoms with Gasteiger partial charge in [0.25, 0.3) is 0 Å². The average Bonchev–Trinajstić information content (AvgIpc) is 2.31. The van der Waals surface area contributed by atoms with E-state index in [2.05, 4.69) is 22.9 Å². The van der Waals surface area contributed by atoms with Crippen molar-refractivity contribution in [2.24, 2.45) is 5.14 Å². The Morgan fingerprint density at radius 3 is 2.58 bits per heavy atom. The molecule has 0 amide bonds. The van der Waals surface area contributed by atoms with Crippen LogP contribution in [0.4, 0.5) is 4.39 Å². The van der Waals surface area contributed by atoms with Gasteiger partial charge in [-0.2, -0.15) is 0 Å². The van der Waals surface area contributed by atoms with Gasteiger partial charge in [0.2, 0.25) is 10.0 Å². The molecule has 0 aliphatic rings. The molecule has 0 fully saturated rings. The molecule has 0 bridgehead atoms. The molecule has 108 valence electrons. The minimum Gasteiger partial charge on any atom is -0.492 e. The number of ether oxygens (including phenoxy) is 1. The van der Waals surface area contributed by atoms with Gasteiger partial charge >= 0.3 is 0 Å². The van der Waals surface area contributed by atoms with E-state index in [9.17, 15) is 12.8 Å². The summed E-state index contributed by atoms with van der Waals surface area (Å²) in [5.41, 5.74) is 0. The summed E-state index contributed by atoms with van der Waals surface area (Å²) in [6.07, 6.45) is 4.18. The monoisotopic (exact) mass is 353 g/mol. The highest BCUT2D eigenvalue weighted by Crippen LogP contribution is 2.30. The van der Waals surface area contributed by atoms with Crippen LogP contribution in [0.1, 0.15) is 32.6 Å². The van der Waals surface area contributed by atoms with Crippen LogP contribution in [0, 0.1) is 5.82 Å². The highest BCUT2D eigenvalue weighted by Gasteiger charge is 2.17. The molecule has 1 rings (SSSR count). The van der Waals surface area contributed by atoms with Crippen LogP contribution in [0.2, 0.25) is 0 Å². The van der Waals surface area contributed by atoms with E-state index in [0.717, 1.165) is 37.8 Å². The van der Waals surface area contributed by atoms with Gasteiger partial charge in [-0.3, -0.25) is 0 Å². The predicted octanol–water partition coefficient (Wildman–Crippen LogP) is 3.19. The van der Waals surface area contributed by atoms with E-state index >= 15 is 0 Å². The lowest BCUT2D eigenvalue weighted by Crippen LogP contribution is -2.14. The molecule has 19 heavy (non-hydrogen) atoms. The third-order valence-electron chi connectivity index (χ3n) is 2.55. The van der Waals surface area contributed by atoms with Gasteiger partial charge < -0.3 is 4.74 Å². The smallest absolute Gasteiger partial charge is 0.241 e. The first-order valence-corrected chi connectivity index (χ1v) is 8.35. The normalized spacial score (nSPS) is 11.6.